The maximum absolute atomic E-state index is 13.4. The molecule has 2 amide bonds. The number of piperidine rings is 1. The normalized spacial score (nSPS) is 20.1. The number of carbonyl (C=O) groups is 2. The molecule has 2 aromatic carbocycles. The van der Waals surface area contributed by atoms with Crippen molar-refractivity contribution in [3.05, 3.63) is 71.4 Å². The van der Waals surface area contributed by atoms with Gasteiger partial charge in [-0.05, 0) is 48.6 Å². The molecule has 2 aliphatic heterocycles. The Morgan fingerprint density at radius 3 is 2.26 bits per heavy atom. The fourth-order valence-corrected chi connectivity index (χ4v) is 4.13. The molecule has 31 heavy (non-hydrogen) atoms. The van der Waals surface area contributed by atoms with Crippen molar-refractivity contribution < 1.29 is 27.9 Å². The van der Waals surface area contributed by atoms with E-state index in [1.54, 1.807) is 30.3 Å². The number of imide groups is 1. The van der Waals surface area contributed by atoms with Gasteiger partial charge in [-0.15, -0.1) is 0 Å². The van der Waals surface area contributed by atoms with Crippen LogP contribution in [0.25, 0.3) is 5.57 Å². The van der Waals surface area contributed by atoms with Crippen LogP contribution in [0.3, 0.4) is 0 Å². The molecule has 1 atom stereocenters. The fraction of sp³-hybridized carbons (Fsp3) is 0.304. The summed E-state index contributed by atoms with van der Waals surface area (Å²) in [5.41, 5.74) is 0.255. The molecule has 0 aliphatic carbocycles. The van der Waals surface area contributed by atoms with Crippen LogP contribution in [0.5, 0.6) is 0 Å². The standard InChI is InChI=1S/C23H21F3N2O3/c24-23(25,26)17-8-10-18(11-9-17)28-21(30)19(16-6-2-1-3-7-16)20(22(28)31)27-12-4-5-15(13-27)14-29/h1-3,6-11,15,29H,4-5,12-14H2. The van der Waals surface area contributed by atoms with E-state index in [2.05, 4.69) is 0 Å². The van der Waals surface area contributed by atoms with Gasteiger partial charge in [-0.2, -0.15) is 13.2 Å². The molecule has 8 heteroatoms. The van der Waals surface area contributed by atoms with Crippen molar-refractivity contribution in [1.82, 2.24) is 4.90 Å². The van der Waals surface area contributed by atoms with Gasteiger partial charge in [0.25, 0.3) is 11.8 Å². The number of carbonyl (C=O) groups excluding carboxylic acids is 2. The van der Waals surface area contributed by atoms with E-state index in [1.807, 2.05) is 4.90 Å². The summed E-state index contributed by atoms with van der Waals surface area (Å²) in [6.45, 7) is 0.972. The van der Waals surface area contributed by atoms with E-state index >= 15 is 0 Å². The van der Waals surface area contributed by atoms with Crippen LogP contribution < -0.4 is 4.90 Å². The van der Waals surface area contributed by atoms with Crippen molar-refractivity contribution in [1.29, 1.82) is 0 Å². The Morgan fingerprint density at radius 2 is 1.65 bits per heavy atom. The van der Waals surface area contributed by atoms with Crippen LogP contribution in [-0.2, 0) is 15.8 Å². The number of halogens is 3. The second-order valence-corrected chi connectivity index (χ2v) is 7.72. The molecule has 2 aliphatic rings. The van der Waals surface area contributed by atoms with Crippen molar-refractivity contribution in [2.45, 2.75) is 19.0 Å². The molecule has 0 radical (unpaired) electrons. The van der Waals surface area contributed by atoms with Gasteiger partial charge in [0.05, 0.1) is 16.8 Å². The van der Waals surface area contributed by atoms with E-state index in [4.69, 9.17) is 0 Å². The lowest BCUT2D eigenvalue weighted by atomic mass is 9.97. The monoisotopic (exact) mass is 430 g/mol. The van der Waals surface area contributed by atoms with Gasteiger partial charge in [-0.25, -0.2) is 4.90 Å². The number of nitrogens with zero attached hydrogens (tertiary/aromatic N) is 2. The van der Waals surface area contributed by atoms with Gasteiger partial charge in [0.1, 0.15) is 5.70 Å². The minimum Gasteiger partial charge on any atom is -0.396 e. The van der Waals surface area contributed by atoms with Gasteiger partial charge in [0, 0.05) is 19.7 Å². The highest BCUT2D eigenvalue weighted by Crippen LogP contribution is 2.37. The van der Waals surface area contributed by atoms with Gasteiger partial charge in [0.15, 0.2) is 0 Å². The summed E-state index contributed by atoms with van der Waals surface area (Å²) in [6.07, 6.45) is -2.92. The van der Waals surface area contributed by atoms with E-state index in [0.717, 1.165) is 42.0 Å². The average molecular weight is 430 g/mol. The number of hydrogen-bond acceptors (Lipinski definition) is 4. The first-order chi connectivity index (χ1) is 14.8. The summed E-state index contributed by atoms with van der Waals surface area (Å²) in [4.78, 5) is 29.5. The summed E-state index contributed by atoms with van der Waals surface area (Å²) < 4.78 is 38.8. The number of alkyl halides is 3. The third-order valence-electron chi connectivity index (χ3n) is 5.67. The number of aliphatic hydroxyl groups is 1. The van der Waals surface area contributed by atoms with Gasteiger partial charge >= 0.3 is 6.18 Å². The van der Waals surface area contributed by atoms with Crippen LogP contribution in [0, 0.1) is 5.92 Å². The molecular formula is C23H21F3N2O3. The molecule has 0 aromatic heterocycles. The van der Waals surface area contributed by atoms with Gasteiger partial charge in [-0.1, -0.05) is 30.3 Å². The van der Waals surface area contributed by atoms with E-state index in [0.29, 0.717) is 18.7 Å². The summed E-state index contributed by atoms with van der Waals surface area (Å²) in [7, 11) is 0. The molecule has 1 unspecified atom stereocenters. The summed E-state index contributed by atoms with van der Waals surface area (Å²) in [5.74, 6) is -1.15. The Hall–Kier alpha value is -3.13. The molecule has 162 valence electrons. The van der Waals surface area contributed by atoms with E-state index in [-0.39, 0.29) is 29.5 Å². The molecule has 2 heterocycles. The van der Waals surface area contributed by atoms with Crippen molar-refractivity contribution in [3.63, 3.8) is 0 Å². The van der Waals surface area contributed by atoms with Crippen molar-refractivity contribution in [2.24, 2.45) is 5.92 Å². The van der Waals surface area contributed by atoms with Crippen LogP contribution in [0.4, 0.5) is 18.9 Å². The Labute approximate surface area is 177 Å². The van der Waals surface area contributed by atoms with Crippen LogP contribution in [0.2, 0.25) is 0 Å². The smallest absolute Gasteiger partial charge is 0.396 e. The van der Waals surface area contributed by atoms with Gasteiger partial charge in [0.2, 0.25) is 0 Å². The molecule has 1 fully saturated rings. The summed E-state index contributed by atoms with van der Waals surface area (Å²) in [5, 5.41) is 9.58. The van der Waals surface area contributed by atoms with Crippen molar-refractivity contribution in [3.8, 4) is 0 Å². The van der Waals surface area contributed by atoms with Crippen LogP contribution in [0.1, 0.15) is 24.0 Å². The zero-order valence-corrected chi connectivity index (χ0v) is 16.6. The second kappa shape index (κ2) is 8.19. The van der Waals surface area contributed by atoms with Gasteiger partial charge < -0.3 is 10.0 Å². The topological polar surface area (TPSA) is 60.9 Å². The number of benzene rings is 2. The summed E-state index contributed by atoms with van der Waals surface area (Å²) in [6, 6.07) is 12.7. The maximum Gasteiger partial charge on any atom is 0.416 e. The number of likely N-dealkylation sites (tertiary alicyclic amines) is 1. The van der Waals surface area contributed by atoms with Crippen molar-refractivity contribution >= 4 is 23.1 Å². The van der Waals surface area contributed by atoms with E-state index < -0.39 is 23.6 Å². The Kier molecular flexibility index (Phi) is 5.58. The maximum atomic E-state index is 13.4. The second-order valence-electron chi connectivity index (χ2n) is 7.72. The lowest BCUT2D eigenvalue weighted by molar-refractivity contribution is -0.137. The SMILES string of the molecule is O=C1C(c2ccccc2)=C(N2CCCC(CO)C2)C(=O)N1c1ccc(C(F)(F)F)cc1. The average Bonchev–Trinajstić information content (AvgIpc) is 3.04. The molecule has 5 nitrogen and oxygen atoms in total. The lowest BCUT2D eigenvalue weighted by Gasteiger charge is -2.34. The predicted molar refractivity (Wildman–Crippen MR) is 109 cm³/mol. The van der Waals surface area contributed by atoms with Crippen LogP contribution >= 0.6 is 0 Å². The van der Waals surface area contributed by atoms with Gasteiger partial charge in [-0.3, -0.25) is 9.59 Å². The third-order valence-corrected chi connectivity index (χ3v) is 5.67. The fourth-order valence-electron chi connectivity index (χ4n) is 4.13. The number of rotatable bonds is 4. The third kappa shape index (κ3) is 3.95. The molecule has 1 N–H and O–H groups in total. The molecule has 1 saturated heterocycles. The molecule has 0 saturated carbocycles. The Morgan fingerprint density at radius 1 is 0.968 bits per heavy atom. The molecule has 0 spiro atoms. The van der Waals surface area contributed by atoms with Crippen LogP contribution in [-0.4, -0.2) is 41.5 Å². The zero-order chi connectivity index (χ0) is 22.2. The first kappa shape index (κ1) is 21.1. The number of aliphatic hydroxyl groups excluding tert-OH is 1. The molecule has 4 rings (SSSR count). The summed E-state index contributed by atoms with van der Waals surface area (Å²) >= 11 is 0. The molecule has 0 bridgehead atoms. The van der Waals surface area contributed by atoms with Crippen molar-refractivity contribution in [2.75, 3.05) is 24.6 Å². The van der Waals surface area contributed by atoms with Crippen LogP contribution in [0.15, 0.2) is 60.3 Å². The first-order valence-corrected chi connectivity index (χ1v) is 10.0. The Bertz CT molecular complexity index is 1020. The number of anilines is 1. The highest BCUT2D eigenvalue weighted by atomic mass is 19.4. The number of hydrogen-bond donors (Lipinski definition) is 1. The molecular weight excluding hydrogens is 409 g/mol. The quantitative estimate of drug-likeness (QED) is 0.752. The Balaban J connectivity index is 1.76. The predicted octanol–water partition coefficient (Wildman–Crippen LogP) is 3.69. The van der Waals surface area contributed by atoms with E-state index in [1.165, 1.54) is 0 Å². The largest absolute Gasteiger partial charge is 0.416 e. The first-order valence-electron chi connectivity index (χ1n) is 10.0. The zero-order valence-electron chi connectivity index (χ0n) is 16.6. The minimum absolute atomic E-state index is 0.0127. The number of amides is 2. The minimum atomic E-state index is -4.51. The highest BCUT2D eigenvalue weighted by Gasteiger charge is 2.43. The van der Waals surface area contributed by atoms with E-state index in [9.17, 15) is 27.9 Å². The lowest BCUT2D eigenvalue weighted by Crippen LogP contribution is -2.40. The highest BCUT2D eigenvalue weighted by molar-refractivity contribution is 6.45. The molecule has 2 aromatic rings.